The maximum atomic E-state index is 4.33. The zero-order chi connectivity index (χ0) is 10.7. The summed E-state index contributed by atoms with van der Waals surface area (Å²) < 4.78 is 0. The van der Waals surface area contributed by atoms with Gasteiger partial charge in [0.25, 0.3) is 0 Å². The van der Waals surface area contributed by atoms with Gasteiger partial charge in [-0.25, -0.2) is 0 Å². The lowest BCUT2D eigenvalue weighted by molar-refractivity contribution is 0.206. The molecule has 0 unspecified atom stereocenters. The maximum Gasteiger partial charge on any atom is 0.0543 e. The van der Waals surface area contributed by atoms with Gasteiger partial charge in [-0.1, -0.05) is 22.0 Å². The van der Waals surface area contributed by atoms with Crippen molar-refractivity contribution in [2.24, 2.45) is 5.92 Å². The van der Waals surface area contributed by atoms with Gasteiger partial charge in [0.15, 0.2) is 0 Å². The predicted molar refractivity (Wildman–Crippen MR) is 66.0 cm³/mol. The van der Waals surface area contributed by atoms with Gasteiger partial charge in [-0.3, -0.25) is 4.98 Å². The zero-order valence-electron chi connectivity index (χ0n) is 9.06. The molecule has 0 atom stereocenters. The van der Waals surface area contributed by atoms with Crippen LogP contribution in [0.4, 0.5) is 0 Å². The summed E-state index contributed by atoms with van der Waals surface area (Å²) >= 11 is 3.63. The molecule has 0 spiro atoms. The second-order valence-electron chi connectivity index (χ2n) is 4.45. The Morgan fingerprint density at radius 3 is 2.87 bits per heavy atom. The van der Waals surface area contributed by atoms with E-state index in [2.05, 4.69) is 38.9 Å². The van der Waals surface area contributed by atoms with Crippen LogP contribution in [0.5, 0.6) is 0 Å². The molecule has 1 fully saturated rings. The Kier molecular flexibility index (Phi) is 3.76. The topological polar surface area (TPSA) is 16.1 Å². The van der Waals surface area contributed by atoms with Gasteiger partial charge in [0.2, 0.25) is 0 Å². The van der Waals surface area contributed by atoms with E-state index in [0.29, 0.717) is 0 Å². The summed E-state index contributed by atoms with van der Waals surface area (Å²) in [6.07, 6.45) is 4.51. The van der Waals surface area contributed by atoms with Crippen molar-refractivity contribution in [1.29, 1.82) is 0 Å². The molecule has 1 aliphatic rings. The van der Waals surface area contributed by atoms with Crippen molar-refractivity contribution >= 4 is 15.9 Å². The molecule has 1 saturated carbocycles. The van der Waals surface area contributed by atoms with E-state index in [9.17, 15) is 0 Å². The van der Waals surface area contributed by atoms with Crippen LogP contribution in [0.3, 0.4) is 0 Å². The number of rotatable bonds is 4. The lowest BCUT2D eigenvalue weighted by Crippen LogP contribution is -2.34. The predicted octanol–water partition coefficient (Wildman–Crippen LogP) is 2.69. The van der Waals surface area contributed by atoms with Gasteiger partial charge < -0.3 is 4.90 Å². The van der Waals surface area contributed by atoms with Gasteiger partial charge in [-0.15, -0.1) is 0 Å². The smallest absolute Gasteiger partial charge is 0.0543 e. The van der Waals surface area contributed by atoms with Crippen LogP contribution in [-0.4, -0.2) is 28.3 Å². The Balaban J connectivity index is 1.75. The monoisotopic (exact) mass is 268 g/mol. The average molecular weight is 269 g/mol. The van der Waals surface area contributed by atoms with E-state index in [1.807, 2.05) is 18.3 Å². The minimum Gasteiger partial charge on any atom is -0.300 e. The Hall–Kier alpha value is -0.410. The fourth-order valence-electron chi connectivity index (χ4n) is 2.08. The molecule has 1 heterocycles. The van der Waals surface area contributed by atoms with Crippen molar-refractivity contribution in [3.63, 3.8) is 0 Å². The van der Waals surface area contributed by atoms with E-state index in [4.69, 9.17) is 0 Å². The van der Waals surface area contributed by atoms with Crippen molar-refractivity contribution in [3.8, 4) is 0 Å². The van der Waals surface area contributed by atoms with E-state index in [1.54, 1.807) is 0 Å². The van der Waals surface area contributed by atoms with E-state index < -0.39 is 0 Å². The first-order valence-electron chi connectivity index (χ1n) is 5.46. The number of pyridine rings is 1. The van der Waals surface area contributed by atoms with E-state index in [-0.39, 0.29) is 0 Å². The molecule has 0 radical (unpaired) electrons. The van der Waals surface area contributed by atoms with Crippen LogP contribution < -0.4 is 0 Å². The number of hydrogen-bond donors (Lipinski definition) is 0. The first kappa shape index (κ1) is 11.1. The van der Waals surface area contributed by atoms with Crippen molar-refractivity contribution in [1.82, 2.24) is 9.88 Å². The molecular formula is C12H17BrN2. The quantitative estimate of drug-likeness (QED) is 0.781. The summed E-state index contributed by atoms with van der Waals surface area (Å²) in [5.74, 6) is 0.878. The van der Waals surface area contributed by atoms with Gasteiger partial charge in [-0.2, -0.15) is 0 Å². The minimum atomic E-state index is 0.769. The zero-order valence-corrected chi connectivity index (χ0v) is 10.7. The highest BCUT2D eigenvalue weighted by Crippen LogP contribution is 2.33. The second kappa shape index (κ2) is 5.08. The van der Waals surface area contributed by atoms with Crippen LogP contribution >= 0.6 is 15.9 Å². The normalized spacial score (nSPS) is 25.3. The number of alkyl halides is 1. The van der Waals surface area contributed by atoms with Gasteiger partial charge in [0, 0.05) is 24.1 Å². The van der Waals surface area contributed by atoms with Crippen molar-refractivity contribution in [2.45, 2.75) is 24.2 Å². The number of nitrogens with zero attached hydrogens (tertiary/aromatic N) is 2. The molecule has 0 N–H and O–H groups in total. The summed E-state index contributed by atoms with van der Waals surface area (Å²) in [4.78, 5) is 7.47. The highest BCUT2D eigenvalue weighted by atomic mass is 79.9. The summed E-state index contributed by atoms with van der Waals surface area (Å²) in [6, 6.07) is 6.10. The molecule has 2 nitrogen and oxygen atoms in total. The molecule has 0 amide bonds. The van der Waals surface area contributed by atoms with E-state index >= 15 is 0 Å². The Labute approximate surface area is 99.8 Å². The standard InChI is InChI=1S/C12H17BrN2/c1-15(8-10-6-11(13)7-10)9-12-4-2-3-5-14-12/h2-5,10-11H,6-9H2,1H3. The van der Waals surface area contributed by atoms with Gasteiger partial charge in [-0.05, 0) is 37.9 Å². The van der Waals surface area contributed by atoms with Crippen LogP contribution in [-0.2, 0) is 6.54 Å². The van der Waals surface area contributed by atoms with Crippen LogP contribution in [0.25, 0.3) is 0 Å². The molecule has 1 aliphatic carbocycles. The maximum absolute atomic E-state index is 4.33. The summed E-state index contributed by atoms with van der Waals surface area (Å²) in [6.45, 7) is 2.16. The molecule has 0 aromatic carbocycles. The van der Waals surface area contributed by atoms with Crippen molar-refractivity contribution in [2.75, 3.05) is 13.6 Å². The SMILES string of the molecule is CN(Cc1ccccn1)CC1CC(Br)C1. The molecule has 0 bridgehead atoms. The van der Waals surface area contributed by atoms with Crippen LogP contribution in [0.15, 0.2) is 24.4 Å². The van der Waals surface area contributed by atoms with Crippen molar-refractivity contribution < 1.29 is 0 Å². The third-order valence-electron chi connectivity index (χ3n) is 2.91. The molecule has 82 valence electrons. The van der Waals surface area contributed by atoms with Gasteiger partial charge >= 0.3 is 0 Å². The Morgan fingerprint density at radius 2 is 2.27 bits per heavy atom. The van der Waals surface area contributed by atoms with Crippen LogP contribution in [0.1, 0.15) is 18.5 Å². The first-order valence-corrected chi connectivity index (χ1v) is 6.38. The summed E-state index contributed by atoms with van der Waals surface area (Å²) in [5, 5.41) is 0. The lowest BCUT2D eigenvalue weighted by atomic mass is 9.85. The van der Waals surface area contributed by atoms with Crippen LogP contribution in [0.2, 0.25) is 0 Å². The molecule has 2 rings (SSSR count). The summed E-state index contributed by atoms with van der Waals surface area (Å²) in [7, 11) is 2.18. The number of hydrogen-bond acceptors (Lipinski definition) is 2. The summed E-state index contributed by atoms with van der Waals surface area (Å²) in [5.41, 5.74) is 1.16. The average Bonchev–Trinajstić information content (AvgIpc) is 2.17. The first-order chi connectivity index (χ1) is 7.24. The fraction of sp³-hybridized carbons (Fsp3) is 0.583. The van der Waals surface area contributed by atoms with Crippen molar-refractivity contribution in [3.05, 3.63) is 30.1 Å². The third kappa shape index (κ3) is 3.28. The molecule has 1 aromatic heterocycles. The highest BCUT2D eigenvalue weighted by Gasteiger charge is 2.27. The molecule has 15 heavy (non-hydrogen) atoms. The molecule has 0 aliphatic heterocycles. The van der Waals surface area contributed by atoms with Gasteiger partial charge in [0.1, 0.15) is 0 Å². The van der Waals surface area contributed by atoms with E-state index in [1.165, 1.54) is 19.4 Å². The van der Waals surface area contributed by atoms with E-state index in [0.717, 1.165) is 23.0 Å². The van der Waals surface area contributed by atoms with Gasteiger partial charge in [0.05, 0.1) is 5.69 Å². The minimum absolute atomic E-state index is 0.769. The Bertz CT molecular complexity index is 296. The number of aromatic nitrogens is 1. The molecular weight excluding hydrogens is 252 g/mol. The second-order valence-corrected chi connectivity index (χ2v) is 5.75. The fourth-order valence-corrected chi connectivity index (χ4v) is 3.13. The largest absolute Gasteiger partial charge is 0.300 e. The lowest BCUT2D eigenvalue weighted by Gasteiger charge is -2.34. The highest BCUT2D eigenvalue weighted by molar-refractivity contribution is 9.09. The molecule has 0 saturated heterocycles. The third-order valence-corrected chi connectivity index (χ3v) is 3.65. The number of halogens is 1. The molecule has 3 heteroatoms. The molecule has 1 aromatic rings. The Morgan fingerprint density at radius 1 is 1.47 bits per heavy atom. The van der Waals surface area contributed by atoms with Crippen LogP contribution in [0, 0.1) is 5.92 Å².